The molecule has 3 nitrogen and oxygen atoms in total. The van der Waals surface area contributed by atoms with Crippen molar-refractivity contribution in [2.75, 3.05) is 0 Å². The third-order valence-electron chi connectivity index (χ3n) is 2.69. The molecule has 0 radical (unpaired) electrons. The number of nitrogens with one attached hydrogen (secondary N) is 1. The fourth-order valence-corrected chi connectivity index (χ4v) is 2.38. The Balaban J connectivity index is 2.13. The van der Waals surface area contributed by atoms with Gasteiger partial charge in [0.2, 0.25) is 0 Å². The number of carbonyl (C=O) groups excluding carboxylic acids is 1. The SMILES string of the molecule is CC(NC(=O)c1cncc(Br)c1)c1ccccc1Cl. The second-order valence-electron chi connectivity index (χ2n) is 4.11. The fraction of sp³-hybridized carbons (Fsp3) is 0.143. The van der Waals surface area contributed by atoms with Gasteiger partial charge in [0.05, 0.1) is 11.6 Å². The van der Waals surface area contributed by atoms with Gasteiger partial charge in [-0.05, 0) is 40.5 Å². The number of carbonyl (C=O) groups is 1. The zero-order valence-electron chi connectivity index (χ0n) is 10.2. The molecule has 0 aliphatic rings. The molecule has 1 heterocycles. The van der Waals surface area contributed by atoms with E-state index in [0.717, 1.165) is 10.0 Å². The van der Waals surface area contributed by atoms with E-state index in [1.807, 2.05) is 25.1 Å². The van der Waals surface area contributed by atoms with Gasteiger partial charge in [0.1, 0.15) is 0 Å². The molecule has 1 aromatic carbocycles. The normalized spacial score (nSPS) is 11.9. The first-order valence-corrected chi connectivity index (χ1v) is 6.91. The number of pyridine rings is 1. The van der Waals surface area contributed by atoms with Gasteiger partial charge in [-0.1, -0.05) is 29.8 Å². The molecule has 0 saturated heterocycles. The molecule has 0 bridgehead atoms. The van der Waals surface area contributed by atoms with Crippen molar-refractivity contribution < 1.29 is 4.79 Å². The Labute approximate surface area is 125 Å². The molecule has 1 aromatic heterocycles. The van der Waals surface area contributed by atoms with E-state index in [-0.39, 0.29) is 11.9 Å². The lowest BCUT2D eigenvalue weighted by molar-refractivity contribution is 0.0939. The second-order valence-corrected chi connectivity index (χ2v) is 5.43. The Morgan fingerprint density at radius 3 is 2.79 bits per heavy atom. The number of rotatable bonds is 3. The molecule has 0 aliphatic carbocycles. The lowest BCUT2D eigenvalue weighted by Gasteiger charge is -2.15. The molecule has 19 heavy (non-hydrogen) atoms. The predicted molar refractivity (Wildman–Crippen MR) is 79.3 cm³/mol. The van der Waals surface area contributed by atoms with E-state index >= 15 is 0 Å². The first-order chi connectivity index (χ1) is 9.08. The van der Waals surface area contributed by atoms with E-state index in [0.29, 0.717) is 10.6 Å². The van der Waals surface area contributed by atoms with Crippen LogP contribution in [0.2, 0.25) is 5.02 Å². The summed E-state index contributed by atoms with van der Waals surface area (Å²) >= 11 is 9.39. The van der Waals surface area contributed by atoms with Crippen molar-refractivity contribution in [3.63, 3.8) is 0 Å². The predicted octanol–water partition coefficient (Wildman–Crippen LogP) is 3.99. The van der Waals surface area contributed by atoms with Crippen molar-refractivity contribution in [1.82, 2.24) is 10.3 Å². The summed E-state index contributed by atoms with van der Waals surface area (Å²) in [7, 11) is 0. The largest absolute Gasteiger partial charge is 0.345 e. The van der Waals surface area contributed by atoms with E-state index in [1.165, 1.54) is 6.20 Å². The highest BCUT2D eigenvalue weighted by Gasteiger charge is 2.13. The topological polar surface area (TPSA) is 42.0 Å². The van der Waals surface area contributed by atoms with Gasteiger partial charge in [-0.15, -0.1) is 0 Å². The molecule has 1 N–H and O–H groups in total. The first kappa shape index (κ1) is 14.0. The van der Waals surface area contributed by atoms with Crippen molar-refractivity contribution in [2.45, 2.75) is 13.0 Å². The fourth-order valence-electron chi connectivity index (χ4n) is 1.72. The smallest absolute Gasteiger partial charge is 0.253 e. The maximum atomic E-state index is 12.1. The Kier molecular flexibility index (Phi) is 4.56. The number of nitrogens with zero attached hydrogens (tertiary/aromatic N) is 1. The molecule has 98 valence electrons. The van der Waals surface area contributed by atoms with Gasteiger partial charge in [-0.3, -0.25) is 9.78 Å². The highest BCUT2D eigenvalue weighted by molar-refractivity contribution is 9.10. The van der Waals surface area contributed by atoms with Crippen molar-refractivity contribution in [3.05, 3.63) is 63.3 Å². The molecule has 2 rings (SSSR count). The van der Waals surface area contributed by atoms with Crippen LogP contribution >= 0.6 is 27.5 Å². The number of halogens is 2. The quantitative estimate of drug-likeness (QED) is 0.918. The Morgan fingerprint density at radius 2 is 2.11 bits per heavy atom. The Bertz CT molecular complexity index is 604. The minimum atomic E-state index is -0.179. The summed E-state index contributed by atoms with van der Waals surface area (Å²) in [5.74, 6) is -0.179. The molecule has 0 spiro atoms. The van der Waals surface area contributed by atoms with Gasteiger partial charge in [0.15, 0.2) is 0 Å². The van der Waals surface area contributed by atoms with Crippen LogP contribution in [0.15, 0.2) is 47.2 Å². The van der Waals surface area contributed by atoms with E-state index in [4.69, 9.17) is 11.6 Å². The maximum Gasteiger partial charge on any atom is 0.253 e. The summed E-state index contributed by atoms with van der Waals surface area (Å²) in [4.78, 5) is 16.0. The molecule has 1 unspecified atom stereocenters. The van der Waals surface area contributed by atoms with E-state index in [2.05, 4.69) is 26.2 Å². The average molecular weight is 340 g/mol. The van der Waals surface area contributed by atoms with Gasteiger partial charge in [-0.2, -0.15) is 0 Å². The van der Waals surface area contributed by atoms with Crippen molar-refractivity contribution in [1.29, 1.82) is 0 Å². The van der Waals surface area contributed by atoms with Crippen LogP contribution in [-0.2, 0) is 0 Å². The highest BCUT2D eigenvalue weighted by Crippen LogP contribution is 2.22. The standard InChI is InChI=1S/C14H12BrClN2O/c1-9(12-4-2-3-5-13(12)16)18-14(19)10-6-11(15)8-17-7-10/h2-9H,1H3,(H,18,19). The lowest BCUT2D eigenvalue weighted by atomic mass is 10.1. The van der Waals surface area contributed by atoms with E-state index in [9.17, 15) is 4.79 Å². The molecule has 5 heteroatoms. The number of amides is 1. The third-order valence-corrected chi connectivity index (χ3v) is 3.46. The van der Waals surface area contributed by atoms with Crippen LogP contribution in [0.4, 0.5) is 0 Å². The summed E-state index contributed by atoms with van der Waals surface area (Å²) in [6.07, 6.45) is 3.16. The number of hydrogen-bond donors (Lipinski definition) is 1. The molecular formula is C14H12BrClN2O. The second kappa shape index (κ2) is 6.17. The lowest BCUT2D eigenvalue weighted by Crippen LogP contribution is -2.26. The van der Waals surface area contributed by atoms with Crippen LogP contribution in [0.3, 0.4) is 0 Å². The molecule has 1 atom stereocenters. The van der Waals surface area contributed by atoms with Gasteiger partial charge >= 0.3 is 0 Å². The molecule has 0 saturated carbocycles. The summed E-state index contributed by atoms with van der Waals surface area (Å²) in [5.41, 5.74) is 1.40. The number of aromatic nitrogens is 1. The zero-order valence-corrected chi connectivity index (χ0v) is 12.6. The maximum absolute atomic E-state index is 12.1. The summed E-state index contributed by atoms with van der Waals surface area (Å²) in [6, 6.07) is 9.01. The summed E-state index contributed by atoms with van der Waals surface area (Å²) in [6.45, 7) is 1.89. The van der Waals surface area contributed by atoms with Crippen molar-refractivity contribution in [2.24, 2.45) is 0 Å². The molecule has 2 aromatic rings. The minimum absolute atomic E-state index is 0.166. The van der Waals surface area contributed by atoms with Crippen molar-refractivity contribution >= 4 is 33.4 Å². The number of hydrogen-bond acceptors (Lipinski definition) is 2. The van der Waals surface area contributed by atoms with Gasteiger partial charge in [0.25, 0.3) is 5.91 Å². The minimum Gasteiger partial charge on any atom is -0.345 e. The molecular weight excluding hydrogens is 328 g/mol. The first-order valence-electron chi connectivity index (χ1n) is 5.74. The van der Waals surface area contributed by atoms with E-state index in [1.54, 1.807) is 18.3 Å². The van der Waals surface area contributed by atoms with Gasteiger partial charge < -0.3 is 5.32 Å². The Hall–Kier alpha value is -1.39. The zero-order chi connectivity index (χ0) is 13.8. The van der Waals surface area contributed by atoms with Crippen molar-refractivity contribution in [3.8, 4) is 0 Å². The van der Waals surface area contributed by atoms with Gasteiger partial charge in [-0.25, -0.2) is 0 Å². The molecule has 1 amide bonds. The molecule has 0 fully saturated rings. The monoisotopic (exact) mass is 338 g/mol. The van der Waals surface area contributed by atoms with Crippen LogP contribution in [0, 0.1) is 0 Å². The van der Waals surface area contributed by atoms with Crippen LogP contribution in [-0.4, -0.2) is 10.9 Å². The third kappa shape index (κ3) is 3.55. The van der Waals surface area contributed by atoms with Crippen LogP contribution in [0.1, 0.15) is 28.9 Å². The Morgan fingerprint density at radius 1 is 1.37 bits per heavy atom. The van der Waals surface area contributed by atoms with Crippen LogP contribution in [0.25, 0.3) is 0 Å². The highest BCUT2D eigenvalue weighted by atomic mass is 79.9. The molecule has 0 aliphatic heterocycles. The van der Waals surface area contributed by atoms with E-state index < -0.39 is 0 Å². The van der Waals surface area contributed by atoms with Gasteiger partial charge in [0, 0.05) is 21.9 Å². The number of benzene rings is 1. The summed E-state index contributed by atoms with van der Waals surface area (Å²) in [5, 5.41) is 3.54. The average Bonchev–Trinajstić information content (AvgIpc) is 2.39. The van der Waals surface area contributed by atoms with Crippen LogP contribution in [0.5, 0.6) is 0 Å². The van der Waals surface area contributed by atoms with Crippen LogP contribution < -0.4 is 5.32 Å². The summed E-state index contributed by atoms with van der Waals surface area (Å²) < 4.78 is 0.769.